The summed E-state index contributed by atoms with van der Waals surface area (Å²) in [6.07, 6.45) is 2.05. The molecule has 0 unspecified atom stereocenters. The van der Waals surface area contributed by atoms with Crippen LogP contribution in [0.25, 0.3) is 20.7 Å². The Labute approximate surface area is 142 Å². The zero-order valence-corrected chi connectivity index (χ0v) is 14.2. The normalized spacial score (nSPS) is 19.6. The molecule has 1 atom stereocenters. The summed E-state index contributed by atoms with van der Waals surface area (Å²) < 4.78 is 37.2. The zero-order valence-electron chi connectivity index (χ0n) is 12.6. The van der Waals surface area contributed by atoms with Crippen molar-refractivity contribution in [2.45, 2.75) is 12.5 Å². The predicted octanol–water partition coefficient (Wildman–Crippen LogP) is 3.10. The van der Waals surface area contributed by atoms with Gasteiger partial charge in [-0.25, -0.2) is 22.8 Å². The summed E-state index contributed by atoms with van der Waals surface area (Å²) in [6, 6.07) is 8.12. The maximum atomic E-state index is 13.1. The second kappa shape index (κ2) is 5.78. The Kier molecular flexibility index (Phi) is 3.73. The number of nitrogens with zero attached hydrogens (tertiary/aromatic N) is 2. The molecule has 1 aliphatic heterocycles. The SMILES string of the molecule is O=S1(=O)CC[C@@H](Nc2ncnc3cc(-c4ccc(F)cc4)sc23)C1. The third kappa shape index (κ3) is 2.99. The van der Waals surface area contributed by atoms with Crippen LogP contribution in [0.4, 0.5) is 10.2 Å². The minimum absolute atomic E-state index is 0.121. The van der Waals surface area contributed by atoms with Crippen LogP contribution in [0.3, 0.4) is 0 Å². The van der Waals surface area contributed by atoms with E-state index in [1.165, 1.54) is 29.8 Å². The molecule has 0 amide bonds. The van der Waals surface area contributed by atoms with Gasteiger partial charge in [0.05, 0.1) is 21.7 Å². The molecule has 0 spiro atoms. The highest BCUT2D eigenvalue weighted by molar-refractivity contribution is 7.91. The molecule has 1 saturated heterocycles. The fraction of sp³-hybridized carbons (Fsp3) is 0.250. The first-order chi connectivity index (χ1) is 11.5. The number of hydrogen-bond donors (Lipinski definition) is 1. The van der Waals surface area contributed by atoms with Gasteiger partial charge in [0, 0.05) is 10.9 Å². The van der Waals surface area contributed by atoms with E-state index < -0.39 is 9.84 Å². The number of thiophene rings is 1. The number of aromatic nitrogens is 2. The number of rotatable bonds is 3. The Morgan fingerprint density at radius 3 is 2.71 bits per heavy atom. The first kappa shape index (κ1) is 15.5. The monoisotopic (exact) mass is 363 g/mol. The number of anilines is 1. The van der Waals surface area contributed by atoms with Crippen LogP contribution in [-0.4, -0.2) is 35.9 Å². The summed E-state index contributed by atoms with van der Waals surface area (Å²) in [6.45, 7) is 0. The highest BCUT2D eigenvalue weighted by atomic mass is 32.2. The van der Waals surface area contributed by atoms with Crippen molar-refractivity contribution in [2.24, 2.45) is 0 Å². The van der Waals surface area contributed by atoms with Crippen molar-refractivity contribution in [1.82, 2.24) is 9.97 Å². The molecule has 1 aliphatic rings. The van der Waals surface area contributed by atoms with E-state index in [1.54, 1.807) is 12.1 Å². The lowest BCUT2D eigenvalue weighted by atomic mass is 10.2. The van der Waals surface area contributed by atoms with Crippen LogP contribution in [0.15, 0.2) is 36.7 Å². The van der Waals surface area contributed by atoms with E-state index in [1.807, 2.05) is 6.07 Å². The lowest BCUT2D eigenvalue weighted by Gasteiger charge is -2.11. The van der Waals surface area contributed by atoms with E-state index >= 15 is 0 Å². The summed E-state index contributed by atoms with van der Waals surface area (Å²) in [5.41, 5.74) is 1.70. The first-order valence-corrected chi connectivity index (χ1v) is 10.1. The van der Waals surface area contributed by atoms with Crippen LogP contribution in [-0.2, 0) is 9.84 Å². The van der Waals surface area contributed by atoms with Gasteiger partial charge < -0.3 is 5.32 Å². The van der Waals surface area contributed by atoms with Gasteiger partial charge in [0.1, 0.15) is 18.0 Å². The molecule has 0 aliphatic carbocycles. The molecule has 0 bridgehead atoms. The molecule has 1 fully saturated rings. The quantitative estimate of drug-likeness (QED) is 0.774. The highest BCUT2D eigenvalue weighted by Gasteiger charge is 2.28. The summed E-state index contributed by atoms with van der Waals surface area (Å²) in [7, 11) is -2.95. The van der Waals surface area contributed by atoms with E-state index in [0.717, 1.165) is 20.7 Å². The second-order valence-corrected chi connectivity index (χ2v) is 9.08. The highest BCUT2D eigenvalue weighted by Crippen LogP contribution is 2.36. The fourth-order valence-electron chi connectivity index (χ4n) is 2.82. The van der Waals surface area contributed by atoms with Gasteiger partial charge in [-0.3, -0.25) is 0 Å². The molecule has 0 saturated carbocycles. The standard InChI is InChI=1S/C16H14FN3O2S2/c17-11-3-1-10(2-4-11)14-7-13-15(23-14)16(19-9-18-13)20-12-5-6-24(21,22)8-12/h1-4,7,9,12H,5-6,8H2,(H,18,19,20)/t12-/m1/s1. The molecule has 8 heteroatoms. The van der Waals surface area contributed by atoms with Gasteiger partial charge in [-0.2, -0.15) is 0 Å². The van der Waals surface area contributed by atoms with Crippen molar-refractivity contribution in [3.05, 3.63) is 42.5 Å². The average molecular weight is 363 g/mol. The largest absolute Gasteiger partial charge is 0.365 e. The van der Waals surface area contributed by atoms with Gasteiger partial charge >= 0.3 is 0 Å². The van der Waals surface area contributed by atoms with Crippen LogP contribution in [0.2, 0.25) is 0 Å². The third-order valence-corrected chi connectivity index (χ3v) is 6.96. The van der Waals surface area contributed by atoms with Crippen LogP contribution >= 0.6 is 11.3 Å². The second-order valence-electron chi connectivity index (χ2n) is 5.80. The van der Waals surface area contributed by atoms with Gasteiger partial charge in [0.2, 0.25) is 0 Å². The summed E-state index contributed by atoms with van der Waals surface area (Å²) in [5.74, 6) is 0.726. The number of halogens is 1. The minimum atomic E-state index is -2.95. The van der Waals surface area contributed by atoms with Gasteiger partial charge in [-0.15, -0.1) is 11.3 Å². The number of nitrogens with one attached hydrogen (secondary N) is 1. The molecule has 4 rings (SSSR count). The number of hydrogen-bond acceptors (Lipinski definition) is 6. The van der Waals surface area contributed by atoms with Crippen LogP contribution in [0, 0.1) is 5.82 Å². The third-order valence-electron chi connectivity index (χ3n) is 4.01. The zero-order chi connectivity index (χ0) is 16.7. The predicted molar refractivity (Wildman–Crippen MR) is 93.5 cm³/mol. The lowest BCUT2D eigenvalue weighted by Crippen LogP contribution is -2.21. The molecule has 2 aromatic heterocycles. The molecule has 1 aromatic carbocycles. The van der Waals surface area contributed by atoms with E-state index in [-0.39, 0.29) is 23.4 Å². The molecule has 3 heterocycles. The lowest BCUT2D eigenvalue weighted by molar-refractivity contribution is 0.602. The molecular weight excluding hydrogens is 349 g/mol. The molecule has 3 aromatic rings. The van der Waals surface area contributed by atoms with Crippen molar-refractivity contribution in [3.8, 4) is 10.4 Å². The summed E-state index contributed by atoms with van der Waals surface area (Å²) in [5, 5.41) is 3.23. The number of fused-ring (bicyclic) bond motifs is 1. The van der Waals surface area contributed by atoms with Crippen LogP contribution in [0.5, 0.6) is 0 Å². The molecule has 124 valence electrons. The van der Waals surface area contributed by atoms with E-state index in [4.69, 9.17) is 0 Å². The van der Waals surface area contributed by atoms with Crippen molar-refractivity contribution in [1.29, 1.82) is 0 Å². The smallest absolute Gasteiger partial charge is 0.152 e. The molecule has 24 heavy (non-hydrogen) atoms. The van der Waals surface area contributed by atoms with Crippen LogP contribution in [0.1, 0.15) is 6.42 Å². The van der Waals surface area contributed by atoms with Gasteiger partial charge in [-0.1, -0.05) is 12.1 Å². The molecule has 0 radical (unpaired) electrons. The summed E-state index contributed by atoms with van der Waals surface area (Å²) in [4.78, 5) is 9.51. The summed E-state index contributed by atoms with van der Waals surface area (Å²) >= 11 is 1.51. The topological polar surface area (TPSA) is 72.0 Å². The van der Waals surface area contributed by atoms with Gasteiger partial charge in [-0.05, 0) is 30.2 Å². The van der Waals surface area contributed by atoms with Gasteiger partial charge in [0.25, 0.3) is 0 Å². The molecule has 5 nitrogen and oxygen atoms in total. The molecule has 1 N–H and O–H groups in total. The number of sulfone groups is 1. The van der Waals surface area contributed by atoms with Crippen molar-refractivity contribution in [3.63, 3.8) is 0 Å². The van der Waals surface area contributed by atoms with E-state index in [2.05, 4.69) is 15.3 Å². The van der Waals surface area contributed by atoms with Crippen LogP contribution < -0.4 is 5.32 Å². The Morgan fingerprint density at radius 1 is 1.21 bits per heavy atom. The fourth-order valence-corrected chi connectivity index (χ4v) is 5.56. The van der Waals surface area contributed by atoms with E-state index in [0.29, 0.717) is 12.2 Å². The average Bonchev–Trinajstić information content (AvgIpc) is 3.12. The van der Waals surface area contributed by atoms with Crippen molar-refractivity contribution < 1.29 is 12.8 Å². The maximum absolute atomic E-state index is 13.1. The Hall–Kier alpha value is -2.06. The maximum Gasteiger partial charge on any atom is 0.152 e. The Bertz CT molecular complexity index is 1000. The first-order valence-electron chi connectivity index (χ1n) is 7.48. The number of benzene rings is 1. The van der Waals surface area contributed by atoms with E-state index in [9.17, 15) is 12.8 Å². The van der Waals surface area contributed by atoms with Crippen molar-refractivity contribution in [2.75, 3.05) is 16.8 Å². The molecular formula is C16H14FN3O2S2. The van der Waals surface area contributed by atoms with Crippen molar-refractivity contribution >= 4 is 37.2 Å². The Morgan fingerprint density at radius 2 is 2.00 bits per heavy atom. The van der Waals surface area contributed by atoms with Gasteiger partial charge in [0.15, 0.2) is 9.84 Å². The Balaban J connectivity index is 1.68. The minimum Gasteiger partial charge on any atom is -0.365 e.